The van der Waals surface area contributed by atoms with E-state index in [0.29, 0.717) is 27.9 Å². The molecule has 0 aliphatic carbocycles. The first-order valence-corrected chi connectivity index (χ1v) is 8.74. The van der Waals surface area contributed by atoms with E-state index in [1.54, 1.807) is 44.6 Å². The van der Waals surface area contributed by atoms with Gasteiger partial charge in [-0.05, 0) is 29.8 Å². The minimum atomic E-state index is -0.304. The summed E-state index contributed by atoms with van der Waals surface area (Å²) in [5.41, 5.74) is 1.41. The molecule has 0 saturated heterocycles. The summed E-state index contributed by atoms with van der Waals surface area (Å²) in [5, 5.41) is 7.19. The summed E-state index contributed by atoms with van der Waals surface area (Å²) < 4.78 is 15.7. The van der Waals surface area contributed by atoms with Gasteiger partial charge in [-0.15, -0.1) is 0 Å². The van der Waals surface area contributed by atoms with E-state index < -0.39 is 0 Å². The molecule has 1 aromatic heterocycles. The van der Waals surface area contributed by atoms with Gasteiger partial charge in [-0.25, -0.2) is 0 Å². The fourth-order valence-corrected chi connectivity index (χ4v) is 2.62. The first-order chi connectivity index (χ1) is 13.6. The molecule has 0 spiro atoms. The van der Waals surface area contributed by atoms with Gasteiger partial charge in [0, 0.05) is 17.2 Å². The summed E-state index contributed by atoms with van der Waals surface area (Å²) in [7, 11) is 3.12. The van der Waals surface area contributed by atoms with E-state index in [9.17, 15) is 4.79 Å². The van der Waals surface area contributed by atoms with E-state index in [4.69, 9.17) is 25.6 Å². The van der Waals surface area contributed by atoms with Gasteiger partial charge in [-0.2, -0.15) is 4.98 Å². The summed E-state index contributed by atoms with van der Waals surface area (Å²) >= 11 is 6.05. The molecule has 3 rings (SSSR count). The number of amides is 1. The third kappa shape index (κ3) is 4.69. The van der Waals surface area contributed by atoms with Crippen molar-refractivity contribution in [2.75, 3.05) is 14.2 Å². The van der Waals surface area contributed by atoms with Crippen molar-refractivity contribution in [3.05, 3.63) is 65.0 Å². The van der Waals surface area contributed by atoms with Crippen molar-refractivity contribution in [2.24, 2.45) is 0 Å². The Balaban J connectivity index is 1.64. The van der Waals surface area contributed by atoms with Crippen LogP contribution in [0.5, 0.6) is 11.5 Å². The van der Waals surface area contributed by atoms with Crippen LogP contribution in [0.1, 0.15) is 11.5 Å². The number of methoxy groups -OCH3 is 2. The fraction of sp³-hybridized carbons (Fsp3) is 0.150. The molecule has 0 bridgehead atoms. The minimum Gasteiger partial charge on any atom is -0.497 e. The summed E-state index contributed by atoms with van der Waals surface area (Å²) in [6.45, 7) is 0.0944. The van der Waals surface area contributed by atoms with Crippen LogP contribution in [0.2, 0.25) is 5.02 Å². The van der Waals surface area contributed by atoms with Crippen LogP contribution >= 0.6 is 11.6 Å². The molecule has 28 heavy (non-hydrogen) atoms. The second-order valence-electron chi connectivity index (χ2n) is 5.65. The number of nitrogens with one attached hydrogen (secondary N) is 1. The SMILES string of the molecule is COc1ccc(-c2noc(CNC(=O)/C=C/c3ccccc3Cl)n2)c(OC)c1. The van der Waals surface area contributed by atoms with E-state index in [-0.39, 0.29) is 18.3 Å². The molecule has 0 aliphatic heterocycles. The normalized spacial score (nSPS) is 10.8. The Morgan fingerprint density at radius 3 is 2.79 bits per heavy atom. The van der Waals surface area contributed by atoms with Crippen LogP contribution in [-0.4, -0.2) is 30.3 Å². The highest BCUT2D eigenvalue weighted by atomic mass is 35.5. The van der Waals surface area contributed by atoms with Crippen molar-refractivity contribution in [1.29, 1.82) is 0 Å². The molecule has 0 saturated carbocycles. The molecule has 0 atom stereocenters. The van der Waals surface area contributed by atoms with Gasteiger partial charge in [-0.1, -0.05) is 35.0 Å². The molecule has 1 N–H and O–H groups in total. The van der Waals surface area contributed by atoms with Crippen LogP contribution in [0.25, 0.3) is 17.5 Å². The molecule has 144 valence electrons. The van der Waals surface area contributed by atoms with Gasteiger partial charge in [0.25, 0.3) is 0 Å². The Morgan fingerprint density at radius 2 is 2.04 bits per heavy atom. The van der Waals surface area contributed by atoms with Gasteiger partial charge >= 0.3 is 0 Å². The first kappa shape index (κ1) is 19.4. The molecular weight excluding hydrogens is 382 g/mol. The number of carbonyl (C=O) groups is 1. The van der Waals surface area contributed by atoms with Crippen molar-refractivity contribution in [3.63, 3.8) is 0 Å². The molecule has 1 amide bonds. The largest absolute Gasteiger partial charge is 0.497 e. The van der Waals surface area contributed by atoms with E-state index in [1.807, 2.05) is 18.2 Å². The maximum Gasteiger partial charge on any atom is 0.246 e. The van der Waals surface area contributed by atoms with Crippen LogP contribution in [0.4, 0.5) is 0 Å². The lowest BCUT2D eigenvalue weighted by atomic mass is 10.2. The van der Waals surface area contributed by atoms with Gasteiger partial charge < -0.3 is 19.3 Å². The average molecular weight is 400 g/mol. The maximum absolute atomic E-state index is 12.0. The standard InChI is InChI=1S/C20H18ClN3O4/c1-26-14-8-9-15(17(11-14)27-2)20-23-19(28-24-20)12-22-18(25)10-7-13-5-3-4-6-16(13)21/h3-11H,12H2,1-2H3,(H,22,25)/b10-7+. The highest BCUT2D eigenvalue weighted by Crippen LogP contribution is 2.31. The fourth-order valence-electron chi connectivity index (χ4n) is 2.42. The second-order valence-corrected chi connectivity index (χ2v) is 6.06. The average Bonchev–Trinajstić information content (AvgIpc) is 3.20. The number of benzene rings is 2. The lowest BCUT2D eigenvalue weighted by Crippen LogP contribution is -2.20. The molecule has 0 radical (unpaired) electrons. The lowest BCUT2D eigenvalue weighted by Gasteiger charge is -2.07. The Bertz CT molecular complexity index is 1000. The first-order valence-electron chi connectivity index (χ1n) is 8.36. The Labute approximate surface area is 166 Å². The number of aromatic nitrogens is 2. The van der Waals surface area contributed by atoms with Crippen LogP contribution in [0.15, 0.2) is 53.1 Å². The van der Waals surface area contributed by atoms with Gasteiger partial charge in [-0.3, -0.25) is 4.79 Å². The molecular formula is C20H18ClN3O4. The molecule has 0 fully saturated rings. The highest BCUT2D eigenvalue weighted by molar-refractivity contribution is 6.32. The summed E-state index contributed by atoms with van der Waals surface area (Å²) in [6, 6.07) is 12.5. The number of hydrogen-bond acceptors (Lipinski definition) is 6. The van der Waals surface area contributed by atoms with Crippen LogP contribution in [0.3, 0.4) is 0 Å². The molecule has 0 aliphatic rings. The number of hydrogen-bond donors (Lipinski definition) is 1. The highest BCUT2D eigenvalue weighted by Gasteiger charge is 2.14. The minimum absolute atomic E-state index is 0.0944. The van der Waals surface area contributed by atoms with Crippen molar-refractivity contribution in [3.8, 4) is 22.9 Å². The number of rotatable bonds is 7. The third-order valence-corrected chi connectivity index (χ3v) is 4.20. The predicted molar refractivity (Wildman–Crippen MR) is 105 cm³/mol. The molecule has 2 aromatic carbocycles. The zero-order chi connectivity index (χ0) is 19.9. The van der Waals surface area contributed by atoms with Crippen molar-refractivity contribution in [2.45, 2.75) is 6.54 Å². The molecule has 0 unspecified atom stereocenters. The van der Waals surface area contributed by atoms with Crippen LogP contribution in [-0.2, 0) is 11.3 Å². The van der Waals surface area contributed by atoms with Gasteiger partial charge in [0.2, 0.25) is 17.6 Å². The van der Waals surface area contributed by atoms with Gasteiger partial charge in [0.05, 0.1) is 26.3 Å². The summed E-state index contributed by atoms with van der Waals surface area (Å²) in [5.74, 6) is 1.53. The molecule has 3 aromatic rings. The number of halogens is 1. The zero-order valence-electron chi connectivity index (χ0n) is 15.3. The van der Waals surface area contributed by atoms with E-state index >= 15 is 0 Å². The number of carbonyl (C=O) groups excluding carboxylic acids is 1. The lowest BCUT2D eigenvalue weighted by molar-refractivity contribution is -0.116. The quantitative estimate of drug-likeness (QED) is 0.609. The van der Waals surface area contributed by atoms with Crippen LogP contribution in [0, 0.1) is 0 Å². The Hall–Kier alpha value is -3.32. The van der Waals surface area contributed by atoms with Gasteiger partial charge in [0.1, 0.15) is 11.5 Å². The number of ether oxygens (including phenoxy) is 2. The van der Waals surface area contributed by atoms with Crippen molar-refractivity contribution in [1.82, 2.24) is 15.5 Å². The smallest absolute Gasteiger partial charge is 0.246 e. The molecule has 8 heteroatoms. The summed E-state index contributed by atoms with van der Waals surface area (Å²) in [4.78, 5) is 16.3. The Morgan fingerprint density at radius 1 is 1.21 bits per heavy atom. The zero-order valence-corrected chi connectivity index (χ0v) is 16.1. The van der Waals surface area contributed by atoms with Crippen molar-refractivity contribution < 1.29 is 18.8 Å². The maximum atomic E-state index is 12.0. The molecule has 1 heterocycles. The second kappa shape index (κ2) is 9.05. The van der Waals surface area contributed by atoms with Crippen molar-refractivity contribution >= 4 is 23.6 Å². The Kier molecular flexibility index (Phi) is 6.29. The number of nitrogens with zero attached hydrogens (tertiary/aromatic N) is 2. The van der Waals surface area contributed by atoms with Crippen LogP contribution < -0.4 is 14.8 Å². The third-order valence-electron chi connectivity index (χ3n) is 3.85. The van der Waals surface area contributed by atoms with E-state index in [1.165, 1.54) is 6.08 Å². The van der Waals surface area contributed by atoms with E-state index in [0.717, 1.165) is 5.56 Å². The topological polar surface area (TPSA) is 86.5 Å². The van der Waals surface area contributed by atoms with Gasteiger partial charge in [0.15, 0.2) is 0 Å². The molecule has 7 nitrogen and oxygen atoms in total. The summed E-state index contributed by atoms with van der Waals surface area (Å²) in [6.07, 6.45) is 3.03. The monoisotopic (exact) mass is 399 g/mol. The predicted octanol–water partition coefficient (Wildman–Crippen LogP) is 3.74. The van der Waals surface area contributed by atoms with E-state index in [2.05, 4.69) is 15.5 Å².